The standard InChI is InChI=1S/C20H30O7/c1-5-6-7-15(22)8-9-16(23)25-17-13(3)18-20(11-21,27-14(17)4)10-12(2)19(24)26-18/h8-10,13-15,17-18,21-22H,5-7,11H2,1-4H3/b9-8+/t13-,14+,15+,17-,18+,20+/m1/s1. The minimum atomic E-state index is -1.13. The first kappa shape index (κ1) is 21.6. The normalized spacial score (nSPS) is 34.6. The molecule has 2 heterocycles. The maximum absolute atomic E-state index is 12.2. The Hall–Kier alpha value is -1.70. The van der Waals surface area contributed by atoms with Crippen LogP contribution >= 0.6 is 0 Å². The summed E-state index contributed by atoms with van der Waals surface area (Å²) in [7, 11) is 0. The highest BCUT2D eigenvalue weighted by molar-refractivity contribution is 5.89. The van der Waals surface area contributed by atoms with Crippen molar-refractivity contribution in [3.05, 3.63) is 23.8 Å². The lowest BCUT2D eigenvalue weighted by atomic mass is 9.78. The molecule has 2 rings (SSSR count). The molecule has 27 heavy (non-hydrogen) atoms. The molecule has 6 atom stereocenters. The van der Waals surface area contributed by atoms with Gasteiger partial charge in [-0.25, -0.2) is 9.59 Å². The van der Waals surface area contributed by atoms with Crippen molar-refractivity contribution in [1.29, 1.82) is 0 Å². The quantitative estimate of drug-likeness (QED) is 0.510. The maximum atomic E-state index is 12.2. The first-order chi connectivity index (χ1) is 12.7. The first-order valence-electron chi connectivity index (χ1n) is 9.50. The number of hydrogen-bond donors (Lipinski definition) is 2. The van der Waals surface area contributed by atoms with Crippen LogP contribution < -0.4 is 0 Å². The number of ether oxygens (including phenoxy) is 3. The van der Waals surface area contributed by atoms with Gasteiger partial charge in [-0.1, -0.05) is 26.7 Å². The Morgan fingerprint density at radius 2 is 2.15 bits per heavy atom. The van der Waals surface area contributed by atoms with Gasteiger partial charge in [-0.15, -0.1) is 0 Å². The molecular formula is C20H30O7. The van der Waals surface area contributed by atoms with E-state index in [9.17, 15) is 19.8 Å². The van der Waals surface area contributed by atoms with Gasteiger partial charge in [-0.3, -0.25) is 0 Å². The highest BCUT2D eigenvalue weighted by atomic mass is 16.6. The van der Waals surface area contributed by atoms with E-state index >= 15 is 0 Å². The molecule has 0 saturated carbocycles. The van der Waals surface area contributed by atoms with Crippen LogP contribution in [-0.2, 0) is 23.8 Å². The maximum Gasteiger partial charge on any atom is 0.333 e. The van der Waals surface area contributed by atoms with Crippen LogP contribution in [0.4, 0.5) is 0 Å². The summed E-state index contributed by atoms with van der Waals surface area (Å²) in [5.74, 6) is -1.45. The molecule has 2 aliphatic rings. The smallest absolute Gasteiger partial charge is 0.333 e. The number of carbonyl (C=O) groups is 2. The Labute approximate surface area is 160 Å². The van der Waals surface area contributed by atoms with E-state index in [0.29, 0.717) is 12.0 Å². The summed E-state index contributed by atoms with van der Waals surface area (Å²) in [6, 6.07) is 0. The SMILES string of the molecule is CCCC[C@H](O)/C=C/C(=O)O[C@@H]1[C@@H](C)[C@@H]2OC(=O)C(C)=C[C@@]2(CO)O[C@H]1C. The molecule has 152 valence electrons. The van der Waals surface area contributed by atoms with Crippen LogP contribution in [-0.4, -0.2) is 58.8 Å². The third-order valence-electron chi connectivity index (χ3n) is 5.17. The Balaban J connectivity index is 2.08. The van der Waals surface area contributed by atoms with E-state index < -0.39 is 42.0 Å². The highest BCUT2D eigenvalue weighted by Crippen LogP contribution is 2.41. The molecule has 7 heteroatoms. The molecule has 0 amide bonds. The minimum Gasteiger partial charge on any atom is -0.456 e. The highest BCUT2D eigenvalue weighted by Gasteiger charge is 2.56. The summed E-state index contributed by atoms with van der Waals surface area (Å²) < 4.78 is 16.9. The lowest BCUT2D eigenvalue weighted by molar-refractivity contribution is -0.252. The van der Waals surface area contributed by atoms with Gasteiger partial charge in [0.1, 0.15) is 17.8 Å². The molecule has 1 fully saturated rings. The van der Waals surface area contributed by atoms with Crippen LogP contribution in [0, 0.1) is 5.92 Å². The second-order valence-corrected chi connectivity index (χ2v) is 7.42. The van der Waals surface area contributed by atoms with Crippen molar-refractivity contribution in [2.24, 2.45) is 5.92 Å². The number of aliphatic hydroxyl groups excluding tert-OH is 2. The van der Waals surface area contributed by atoms with E-state index in [-0.39, 0.29) is 12.5 Å². The minimum absolute atomic E-state index is 0.346. The zero-order valence-electron chi connectivity index (χ0n) is 16.4. The first-order valence-corrected chi connectivity index (χ1v) is 9.50. The number of fused-ring (bicyclic) bond motifs is 1. The van der Waals surface area contributed by atoms with Gasteiger partial charge < -0.3 is 24.4 Å². The van der Waals surface area contributed by atoms with Gasteiger partial charge in [-0.05, 0) is 32.4 Å². The predicted molar refractivity (Wildman–Crippen MR) is 97.7 cm³/mol. The number of hydrogen-bond acceptors (Lipinski definition) is 7. The number of aliphatic hydroxyl groups is 2. The molecular weight excluding hydrogens is 352 g/mol. The number of esters is 2. The molecule has 0 aliphatic carbocycles. The van der Waals surface area contributed by atoms with Gasteiger partial charge in [0.2, 0.25) is 0 Å². The van der Waals surface area contributed by atoms with Crippen molar-refractivity contribution in [3.63, 3.8) is 0 Å². The summed E-state index contributed by atoms with van der Waals surface area (Å²) in [6.45, 7) is 6.84. The molecule has 7 nitrogen and oxygen atoms in total. The van der Waals surface area contributed by atoms with Crippen LogP contribution in [0.2, 0.25) is 0 Å². The van der Waals surface area contributed by atoms with E-state index in [2.05, 4.69) is 0 Å². The Morgan fingerprint density at radius 1 is 1.44 bits per heavy atom. The van der Waals surface area contributed by atoms with Crippen LogP contribution in [0.3, 0.4) is 0 Å². The fourth-order valence-corrected chi connectivity index (χ4v) is 3.73. The Bertz CT molecular complexity index is 611. The second kappa shape index (κ2) is 8.99. The van der Waals surface area contributed by atoms with Crippen molar-refractivity contribution < 1.29 is 34.0 Å². The summed E-state index contributed by atoms with van der Waals surface area (Å²) in [6.07, 6.45) is 4.04. The molecule has 0 spiro atoms. The molecule has 2 aliphatic heterocycles. The van der Waals surface area contributed by atoms with Gasteiger partial charge in [0.15, 0.2) is 0 Å². The average molecular weight is 382 g/mol. The van der Waals surface area contributed by atoms with Crippen molar-refractivity contribution in [2.45, 2.75) is 77.0 Å². The molecule has 0 aromatic rings. The van der Waals surface area contributed by atoms with E-state index in [1.54, 1.807) is 26.8 Å². The molecule has 2 N–H and O–H groups in total. The third kappa shape index (κ3) is 4.78. The van der Waals surface area contributed by atoms with Crippen molar-refractivity contribution in [1.82, 2.24) is 0 Å². The van der Waals surface area contributed by atoms with E-state index in [1.807, 2.05) is 6.92 Å². The van der Waals surface area contributed by atoms with Crippen LogP contribution in [0.15, 0.2) is 23.8 Å². The second-order valence-electron chi connectivity index (χ2n) is 7.42. The van der Waals surface area contributed by atoms with E-state index in [4.69, 9.17) is 14.2 Å². The fourth-order valence-electron chi connectivity index (χ4n) is 3.73. The lowest BCUT2D eigenvalue weighted by Crippen LogP contribution is -2.64. The monoisotopic (exact) mass is 382 g/mol. The summed E-state index contributed by atoms with van der Waals surface area (Å²) in [4.78, 5) is 24.1. The molecule has 0 radical (unpaired) electrons. The Morgan fingerprint density at radius 3 is 2.78 bits per heavy atom. The molecule has 0 aromatic carbocycles. The van der Waals surface area contributed by atoms with Gasteiger partial charge in [0.05, 0.1) is 18.8 Å². The van der Waals surface area contributed by atoms with Crippen LogP contribution in [0.1, 0.15) is 47.0 Å². The largest absolute Gasteiger partial charge is 0.456 e. The summed E-state index contributed by atoms with van der Waals surface area (Å²) in [5, 5.41) is 19.7. The zero-order chi connectivity index (χ0) is 20.2. The van der Waals surface area contributed by atoms with Crippen molar-refractivity contribution in [2.75, 3.05) is 6.61 Å². The van der Waals surface area contributed by atoms with Gasteiger partial charge in [0.25, 0.3) is 0 Å². The topological polar surface area (TPSA) is 102 Å². The van der Waals surface area contributed by atoms with Gasteiger partial charge in [-0.2, -0.15) is 0 Å². The van der Waals surface area contributed by atoms with E-state index in [1.165, 1.54) is 12.2 Å². The molecule has 0 unspecified atom stereocenters. The van der Waals surface area contributed by atoms with Gasteiger partial charge >= 0.3 is 11.9 Å². The van der Waals surface area contributed by atoms with E-state index in [0.717, 1.165) is 12.8 Å². The third-order valence-corrected chi connectivity index (χ3v) is 5.17. The number of rotatable bonds is 7. The zero-order valence-corrected chi connectivity index (χ0v) is 16.4. The fraction of sp³-hybridized carbons (Fsp3) is 0.700. The Kier molecular flexibility index (Phi) is 7.19. The van der Waals surface area contributed by atoms with Crippen LogP contribution in [0.5, 0.6) is 0 Å². The van der Waals surface area contributed by atoms with Crippen LogP contribution in [0.25, 0.3) is 0 Å². The van der Waals surface area contributed by atoms with Crippen molar-refractivity contribution in [3.8, 4) is 0 Å². The van der Waals surface area contributed by atoms with Crippen molar-refractivity contribution >= 4 is 11.9 Å². The number of unbranched alkanes of at least 4 members (excludes halogenated alkanes) is 1. The number of carbonyl (C=O) groups excluding carboxylic acids is 2. The summed E-state index contributed by atoms with van der Waals surface area (Å²) >= 11 is 0. The average Bonchev–Trinajstić information content (AvgIpc) is 2.63. The molecule has 0 aromatic heterocycles. The molecule has 1 saturated heterocycles. The molecule has 0 bridgehead atoms. The summed E-state index contributed by atoms with van der Waals surface area (Å²) in [5.41, 5.74) is -0.759. The van der Waals surface area contributed by atoms with Gasteiger partial charge in [0, 0.05) is 17.6 Å². The lowest BCUT2D eigenvalue weighted by Gasteiger charge is -2.50. The predicted octanol–water partition coefficient (Wildman–Crippen LogP) is 1.66.